The summed E-state index contributed by atoms with van der Waals surface area (Å²) in [6, 6.07) is 7.93. The summed E-state index contributed by atoms with van der Waals surface area (Å²) in [7, 11) is 0. The quantitative estimate of drug-likeness (QED) is 0.599. The molecule has 0 bridgehead atoms. The van der Waals surface area contributed by atoms with Gasteiger partial charge in [0.1, 0.15) is 11.7 Å². The van der Waals surface area contributed by atoms with E-state index in [0.29, 0.717) is 37.9 Å². The van der Waals surface area contributed by atoms with Gasteiger partial charge >= 0.3 is 6.09 Å². The third-order valence-electron chi connectivity index (χ3n) is 6.39. The number of amides is 2. The molecule has 2 aromatic rings. The number of aromatic nitrogens is 2. The van der Waals surface area contributed by atoms with Crippen LogP contribution in [-0.4, -0.2) is 62.9 Å². The van der Waals surface area contributed by atoms with Gasteiger partial charge in [-0.25, -0.2) is 9.48 Å². The number of rotatable bonds is 3. The van der Waals surface area contributed by atoms with E-state index in [4.69, 9.17) is 14.6 Å². The first-order valence-corrected chi connectivity index (χ1v) is 12.3. The van der Waals surface area contributed by atoms with Crippen LogP contribution in [0.5, 0.6) is 5.88 Å². The molecule has 8 nitrogen and oxygen atoms in total. The zero-order valence-corrected chi connectivity index (χ0v) is 21.6. The lowest BCUT2D eigenvalue weighted by Crippen LogP contribution is -2.50. The Morgan fingerprint density at radius 3 is 2.49 bits per heavy atom. The Morgan fingerprint density at radius 2 is 1.89 bits per heavy atom. The summed E-state index contributed by atoms with van der Waals surface area (Å²) < 4.78 is 13.9. The summed E-state index contributed by atoms with van der Waals surface area (Å²) in [5.74, 6) is 0.741. The number of benzene rings is 1. The molecular formula is C27H36N4O4. The Kier molecular flexibility index (Phi) is 6.66. The lowest BCUT2D eigenvalue weighted by atomic mass is 9.97. The van der Waals surface area contributed by atoms with Crippen molar-refractivity contribution in [3.05, 3.63) is 53.7 Å². The maximum absolute atomic E-state index is 13.2. The number of carbonyl (C=O) groups is 2. The molecule has 188 valence electrons. The minimum absolute atomic E-state index is 0.197. The van der Waals surface area contributed by atoms with Crippen LogP contribution in [-0.2, 0) is 16.0 Å². The lowest BCUT2D eigenvalue weighted by Gasteiger charge is -2.41. The molecular weight excluding hydrogens is 444 g/mol. The van der Waals surface area contributed by atoms with Gasteiger partial charge in [-0.3, -0.25) is 9.69 Å². The van der Waals surface area contributed by atoms with E-state index >= 15 is 0 Å². The predicted octanol–water partition coefficient (Wildman–Crippen LogP) is 4.63. The molecule has 2 aliphatic heterocycles. The van der Waals surface area contributed by atoms with Crippen LogP contribution < -0.4 is 4.74 Å². The average Bonchev–Trinajstić information content (AvgIpc) is 3.14. The monoisotopic (exact) mass is 480 g/mol. The van der Waals surface area contributed by atoms with Gasteiger partial charge in [0.05, 0.1) is 29.5 Å². The summed E-state index contributed by atoms with van der Waals surface area (Å²) in [6.07, 6.45) is 1.22. The second-order valence-electron chi connectivity index (χ2n) is 10.6. The number of hydrogen-bond acceptors (Lipinski definition) is 5. The van der Waals surface area contributed by atoms with Crippen molar-refractivity contribution in [3.8, 4) is 11.6 Å². The van der Waals surface area contributed by atoms with E-state index in [1.165, 1.54) is 11.6 Å². The molecule has 2 aliphatic rings. The van der Waals surface area contributed by atoms with Crippen molar-refractivity contribution in [3.63, 3.8) is 0 Å². The third-order valence-corrected chi connectivity index (χ3v) is 6.39. The predicted molar refractivity (Wildman–Crippen MR) is 134 cm³/mol. The fourth-order valence-electron chi connectivity index (χ4n) is 4.72. The second kappa shape index (κ2) is 9.40. The zero-order valence-electron chi connectivity index (χ0n) is 21.6. The SMILES string of the molecule is C=CC(=O)N1CC(C)Oc2nn(-c3ccc(C(C)C)cc3)c3c2C(C1)N(C(=O)OC(C)(C)C)CC3. The number of carbonyl (C=O) groups excluding carboxylic acids is 2. The van der Waals surface area contributed by atoms with Crippen molar-refractivity contribution in [1.82, 2.24) is 19.6 Å². The molecule has 2 amide bonds. The van der Waals surface area contributed by atoms with Gasteiger partial charge in [0.25, 0.3) is 0 Å². The minimum atomic E-state index is -0.633. The van der Waals surface area contributed by atoms with Crippen LogP contribution in [0.2, 0.25) is 0 Å². The number of nitrogens with zero attached hydrogens (tertiary/aromatic N) is 4. The third kappa shape index (κ3) is 5.06. The van der Waals surface area contributed by atoms with Crippen molar-refractivity contribution in [2.24, 2.45) is 0 Å². The molecule has 2 unspecified atom stereocenters. The number of hydrogen-bond donors (Lipinski definition) is 0. The van der Waals surface area contributed by atoms with E-state index in [9.17, 15) is 9.59 Å². The first-order valence-electron chi connectivity index (χ1n) is 12.3. The molecule has 0 radical (unpaired) electrons. The molecule has 8 heteroatoms. The van der Waals surface area contributed by atoms with Gasteiger partial charge in [0, 0.05) is 19.5 Å². The van der Waals surface area contributed by atoms with Crippen molar-refractivity contribution in [1.29, 1.82) is 0 Å². The largest absolute Gasteiger partial charge is 0.471 e. The highest BCUT2D eigenvalue weighted by molar-refractivity contribution is 5.87. The standard InChI is InChI=1S/C27H36N4O4/c1-8-23(32)29-15-18(4)34-25-24-21(31(28-25)20-11-9-19(10-12-20)17(2)3)13-14-30(22(24)16-29)26(33)35-27(5,6)7/h8-12,17-18,22H,1,13-16H2,2-7H3. The van der Waals surface area contributed by atoms with E-state index in [-0.39, 0.29) is 12.0 Å². The van der Waals surface area contributed by atoms with Crippen LogP contribution in [0.1, 0.15) is 70.3 Å². The van der Waals surface area contributed by atoms with Crippen LogP contribution in [0, 0.1) is 0 Å². The smallest absolute Gasteiger partial charge is 0.410 e. The minimum Gasteiger partial charge on any atom is -0.471 e. The highest BCUT2D eigenvalue weighted by Crippen LogP contribution is 2.40. The van der Waals surface area contributed by atoms with Crippen LogP contribution in [0.3, 0.4) is 0 Å². The van der Waals surface area contributed by atoms with Crippen molar-refractivity contribution >= 4 is 12.0 Å². The van der Waals surface area contributed by atoms with Gasteiger partial charge in [-0.2, -0.15) is 0 Å². The zero-order chi connectivity index (χ0) is 25.5. The fourth-order valence-corrected chi connectivity index (χ4v) is 4.72. The van der Waals surface area contributed by atoms with E-state index in [1.54, 1.807) is 9.80 Å². The van der Waals surface area contributed by atoms with Crippen molar-refractivity contribution < 1.29 is 19.1 Å². The van der Waals surface area contributed by atoms with Crippen LogP contribution in [0.25, 0.3) is 5.69 Å². The average molecular weight is 481 g/mol. The summed E-state index contributed by atoms with van der Waals surface area (Å²) >= 11 is 0. The molecule has 0 saturated carbocycles. The molecule has 35 heavy (non-hydrogen) atoms. The topological polar surface area (TPSA) is 76.9 Å². The first kappa shape index (κ1) is 24.8. The normalized spacial score (nSPS) is 20.0. The Labute approximate surface area is 207 Å². The van der Waals surface area contributed by atoms with E-state index in [1.807, 2.05) is 32.4 Å². The molecule has 0 N–H and O–H groups in total. The summed E-state index contributed by atoms with van der Waals surface area (Å²) in [4.78, 5) is 29.3. The van der Waals surface area contributed by atoms with Crippen LogP contribution in [0.4, 0.5) is 4.79 Å². The first-order chi connectivity index (χ1) is 16.5. The Bertz CT molecular complexity index is 1110. The Hall–Kier alpha value is -3.29. The van der Waals surface area contributed by atoms with Gasteiger partial charge in [-0.05, 0) is 57.4 Å². The fraction of sp³-hybridized carbons (Fsp3) is 0.519. The maximum Gasteiger partial charge on any atom is 0.410 e. The maximum atomic E-state index is 13.2. The summed E-state index contributed by atoms with van der Waals surface area (Å²) in [5.41, 5.74) is 3.39. The van der Waals surface area contributed by atoms with Crippen LogP contribution in [0.15, 0.2) is 36.9 Å². The molecule has 0 aliphatic carbocycles. The van der Waals surface area contributed by atoms with Gasteiger partial charge in [-0.1, -0.05) is 32.6 Å². The van der Waals surface area contributed by atoms with E-state index in [2.05, 4.69) is 44.7 Å². The van der Waals surface area contributed by atoms with Crippen molar-refractivity contribution in [2.75, 3.05) is 19.6 Å². The molecule has 4 rings (SSSR count). The van der Waals surface area contributed by atoms with Gasteiger partial charge in [-0.15, -0.1) is 5.10 Å². The van der Waals surface area contributed by atoms with E-state index in [0.717, 1.165) is 16.9 Å². The molecule has 0 saturated heterocycles. The summed E-state index contributed by atoms with van der Waals surface area (Å²) in [5, 5.41) is 4.86. The van der Waals surface area contributed by atoms with Gasteiger partial charge < -0.3 is 14.4 Å². The molecule has 1 aromatic carbocycles. The Morgan fingerprint density at radius 1 is 1.20 bits per heavy atom. The highest BCUT2D eigenvalue weighted by Gasteiger charge is 2.42. The van der Waals surface area contributed by atoms with E-state index < -0.39 is 17.7 Å². The molecule has 1 aromatic heterocycles. The molecule has 0 spiro atoms. The molecule has 3 heterocycles. The van der Waals surface area contributed by atoms with Crippen molar-refractivity contribution in [2.45, 2.75) is 71.6 Å². The second-order valence-corrected chi connectivity index (χ2v) is 10.6. The van der Waals surface area contributed by atoms with Crippen LogP contribution >= 0.6 is 0 Å². The molecule has 0 fully saturated rings. The summed E-state index contributed by atoms with van der Waals surface area (Å²) in [6.45, 7) is 16.6. The highest BCUT2D eigenvalue weighted by atomic mass is 16.6. The molecule has 2 atom stereocenters. The van der Waals surface area contributed by atoms with Gasteiger partial charge in [0.2, 0.25) is 11.8 Å². The lowest BCUT2D eigenvalue weighted by molar-refractivity contribution is -0.128. The Balaban J connectivity index is 1.81. The van der Waals surface area contributed by atoms with Gasteiger partial charge in [0.15, 0.2) is 0 Å². The number of ether oxygens (including phenoxy) is 2.